The van der Waals surface area contributed by atoms with E-state index in [0.29, 0.717) is 10.8 Å². The molecule has 1 fully saturated rings. The summed E-state index contributed by atoms with van der Waals surface area (Å²) in [6.45, 7) is 12.2. The molecule has 1 heterocycles. The average molecular weight is 457 g/mol. The summed E-state index contributed by atoms with van der Waals surface area (Å²) in [6, 6.07) is 13.6. The van der Waals surface area contributed by atoms with E-state index in [-0.39, 0.29) is 11.8 Å². The van der Waals surface area contributed by atoms with E-state index in [9.17, 15) is 13.2 Å². The first-order valence-corrected chi connectivity index (χ1v) is 13.1. The van der Waals surface area contributed by atoms with Crippen molar-refractivity contribution in [2.24, 2.45) is 5.92 Å². The van der Waals surface area contributed by atoms with Gasteiger partial charge in [0, 0.05) is 18.2 Å². The Hall–Kier alpha value is -2.18. The van der Waals surface area contributed by atoms with Crippen LogP contribution in [0.4, 0.5) is 5.69 Å². The van der Waals surface area contributed by atoms with E-state index >= 15 is 0 Å². The smallest absolute Gasteiger partial charge is 0.226 e. The van der Waals surface area contributed by atoms with Gasteiger partial charge < -0.3 is 5.32 Å². The normalized spacial score (nSPS) is 16.0. The van der Waals surface area contributed by atoms with Gasteiger partial charge in [-0.15, -0.1) is 0 Å². The van der Waals surface area contributed by atoms with Crippen LogP contribution in [-0.4, -0.2) is 37.6 Å². The van der Waals surface area contributed by atoms with Crippen LogP contribution in [0, 0.1) is 12.8 Å². The maximum Gasteiger partial charge on any atom is 0.226 e. The van der Waals surface area contributed by atoms with Crippen LogP contribution >= 0.6 is 0 Å². The Bertz CT molecular complexity index is 1040. The summed E-state index contributed by atoms with van der Waals surface area (Å²) in [5.74, 6) is 0.491. The van der Waals surface area contributed by atoms with Crippen molar-refractivity contribution in [3.8, 4) is 0 Å². The van der Waals surface area contributed by atoms with E-state index in [4.69, 9.17) is 0 Å². The Kier molecular flexibility index (Phi) is 7.78. The van der Waals surface area contributed by atoms with Crippen molar-refractivity contribution in [2.75, 3.05) is 18.4 Å². The molecule has 0 atom stereocenters. The number of aryl methyl sites for hydroxylation is 1. The second kappa shape index (κ2) is 10.2. The fourth-order valence-electron chi connectivity index (χ4n) is 4.16. The molecule has 1 saturated heterocycles. The van der Waals surface area contributed by atoms with Crippen LogP contribution in [0.3, 0.4) is 0 Å². The lowest BCUT2D eigenvalue weighted by molar-refractivity contribution is -0.118. The molecule has 6 heteroatoms. The lowest BCUT2D eigenvalue weighted by Gasteiger charge is -2.33. The van der Waals surface area contributed by atoms with Gasteiger partial charge in [0.1, 0.15) is 0 Å². The molecule has 1 N–H and O–H groups in total. The predicted molar refractivity (Wildman–Crippen MR) is 131 cm³/mol. The molecule has 0 aliphatic carbocycles. The number of nitrogens with one attached hydrogen (secondary N) is 1. The van der Waals surface area contributed by atoms with Crippen LogP contribution in [0.25, 0.3) is 0 Å². The van der Waals surface area contributed by atoms with Gasteiger partial charge in [0.15, 0.2) is 9.84 Å². The number of rotatable bonds is 7. The zero-order valence-corrected chi connectivity index (χ0v) is 20.7. The van der Waals surface area contributed by atoms with Gasteiger partial charge in [-0.3, -0.25) is 9.69 Å². The molecule has 0 aromatic heterocycles. The zero-order valence-electron chi connectivity index (χ0n) is 19.9. The molecule has 0 bridgehead atoms. The van der Waals surface area contributed by atoms with Crippen molar-refractivity contribution < 1.29 is 13.2 Å². The van der Waals surface area contributed by atoms with Crippen molar-refractivity contribution in [1.29, 1.82) is 0 Å². The molecular formula is C26H36N2O3S. The molecule has 174 valence electrons. The van der Waals surface area contributed by atoms with Gasteiger partial charge in [0.2, 0.25) is 5.91 Å². The number of carbonyl (C=O) groups is 1. The molecule has 2 aromatic carbocycles. The van der Waals surface area contributed by atoms with Crippen molar-refractivity contribution in [3.05, 3.63) is 59.2 Å². The minimum atomic E-state index is -3.22. The van der Waals surface area contributed by atoms with Crippen molar-refractivity contribution in [1.82, 2.24) is 4.90 Å². The van der Waals surface area contributed by atoms with Crippen molar-refractivity contribution >= 4 is 21.4 Å². The number of hydrogen-bond donors (Lipinski definition) is 1. The van der Waals surface area contributed by atoms with Gasteiger partial charge in [-0.1, -0.05) is 32.0 Å². The highest BCUT2D eigenvalue weighted by Gasteiger charge is 2.23. The summed E-state index contributed by atoms with van der Waals surface area (Å²) < 4.78 is 24.6. The van der Waals surface area contributed by atoms with Gasteiger partial charge in [-0.25, -0.2) is 8.42 Å². The minimum Gasteiger partial charge on any atom is -0.326 e. The number of benzene rings is 2. The first kappa shape index (κ1) is 24.5. The number of likely N-dealkylation sites (tertiary alicyclic amines) is 1. The summed E-state index contributed by atoms with van der Waals surface area (Å²) in [5.41, 5.74) is 4.62. The van der Waals surface area contributed by atoms with Crippen LogP contribution in [0.15, 0.2) is 47.4 Å². The number of nitrogens with zero attached hydrogens (tertiary/aromatic N) is 1. The maximum absolute atomic E-state index is 12.3. The van der Waals surface area contributed by atoms with Gasteiger partial charge in [0.05, 0.1) is 10.1 Å². The van der Waals surface area contributed by atoms with Crippen LogP contribution in [0.2, 0.25) is 0 Å². The molecule has 1 aliphatic rings. The van der Waals surface area contributed by atoms with Crippen molar-refractivity contribution in [3.63, 3.8) is 0 Å². The van der Waals surface area contributed by atoms with E-state index < -0.39 is 15.1 Å². The first-order valence-electron chi connectivity index (χ1n) is 11.5. The van der Waals surface area contributed by atoms with Crippen LogP contribution in [-0.2, 0) is 21.2 Å². The number of sulfone groups is 1. The summed E-state index contributed by atoms with van der Waals surface area (Å²) in [5, 5.41) is 2.61. The molecule has 2 aromatic rings. The Morgan fingerprint density at radius 1 is 1.03 bits per heavy atom. The molecule has 5 nitrogen and oxygen atoms in total. The fraction of sp³-hybridized carbons (Fsp3) is 0.500. The summed E-state index contributed by atoms with van der Waals surface area (Å²) >= 11 is 0. The Labute approximate surface area is 193 Å². The molecule has 0 unspecified atom stereocenters. The largest absolute Gasteiger partial charge is 0.326 e. The minimum absolute atomic E-state index is 0.0393. The third-order valence-corrected chi connectivity index (χ3v) is 8.55. The standard InChI is InChI=1S/C26H36N2O3S/c1-18(2)26(29)27-23-9-6-20(5)25(16-23)22-12-14-28(15-13-22)17-21-7-10-24(11-8-21)32(30,31)19(3)4/h6-11,16,18-19,22H,12-15,17H2,1-5H3,(H,27,29). The first-order chi connectivity index (χ1) is 15.1. The van der Waals surface area contributed by atoms with Gasteiger partial charge in [-0.2, -0.15) is 0 Å². The SMILES string of the molecule is Cc1ccc(NC(=O)C(C)C)cc1C1CCN(Cc2ccc(S(=O)(=O)C(C)C)cc2)CC1. The monoisotopic (exact) mass is 456 g/mol. The lowest BCUT2D eigenvalue weighted by Crippen LogP contribution is -2.32. The van der Waals surface area contributed by atoms with E-state index in [2.05, 4.69) is 29.3 Å². The van der Waals surface area contributed by atoms with E-state index in [1.165, 1.54) is 11.1 Å². The number of hydrogen-bond acceptors (Lipinski definition) is 4. The van der Waals surface area contributed by atoms with E-state index in [0.717, 1.165) is 43.7 Å². The quantitative estimate of drug-likeness (QED) is 0.626. The molecule has 3 rings (SSSR count). The van der Waals surface area contributed by atoms with Gasteiger partial charge in [-0.05, 0) is 93.6 Å². The summed E-state index contributed by atoms with van der Waals surface area (Å²) in [7, 11) is -3.22. The number of anilines is 1. The second-order valence-electron chi connectivity index (χ2n) is 9.50. The average Bonchev–Trinajstić information content (AvgIpc) is 2.76. The second-order valence-corrected chi connectivity index (χ2v) is 12.0. The number of piperidine rings is 1. The molecule has 0 radical (unpaired) electrons. The highest BCUT2D eigenvalue weighted by molar-refractivity contribution is 7.92. The van der Waals surface area contributed by atoms with Crippen LogP contribution in [0.5, 0.6) is 0 Å². The van der Waals surface area contributed by atoms with Crippen molar-refractivity contribution in [2.45, 2.75) is 70.1 Å². The van der Waals surface area contributed by atoms with Crippen LogP contribution in [0.1, 0.15) is 63.1 Å². The molecule has 0 saturated carbocycles. The zero-order chi connectivity index (χ0) is 23.5. The third-order valence-electron chi connectivity index (χ3n) is 6.38. The Morgan fingerprint density at radius 2 is 1.66 bits per heavy atom. The Balaban J connectivity index is 1.60. The Morgan fingerprint density at radius 3 is 2.22 bits per heavy atom. The van der Waals surface area contributed by atoms with Gasteiger partial charge in [0.25, 0.3) is 0 Å². The molecule has 32 heavy (non-hydrogen) atoms. The van der Waals surface area contributed by atoms with E-state index in [1.54, 1.807) is 26.0 Å². The fourth-order valence-corrected chi connectivity index (χ4v) is 5.22. The lowest BCUT2D eigenvalue weighted by atomic mass is 9.86. The molecular weight excluding hydrogens is 420 g/mol. The van der Waals surface area contributed by atoms with Gasteiger partial charge >= 0.3 is 0 Å². The predicted octanol–water partition coefficient (Wildman–Crippen LogP) is 5.15. The molecule has 0 spiro atoms. The number of amides is 1. The highest BCUT2D eigenvalue weighted by atomic mass is 32.2. The third kappa shape index (κ3) is 5.78. The van der Waals surface area contributed by atoms with E-state index in [1.807, 2.05) is 32.0 Å². The summed E-state index contributed by atoms with van der Waals surface area (Å²) in [6.07, 6.45) is 2.14. The topological polar surface area (TPSA) is 66.5 Å². The molecule has 1 amide bonds. The number of carbonyl (C=O) groups excluding carboxylic acids is 1. The maximum atomic E-state index is 12.3. The summed E-state index contributed by atoms with van der Waals surface area (Å²) in [4.78, 5) is 14.9. The highest BCUT2D eigenvalue weighted by Crippen LogP contribution is 2.32. The van der Waals surface area contributed by atoms with Crippen LogP contribution < -0.4 is 5.32 Å². The molecule has 1 aliphatic heterocycles.